The molecule has 0 N–H and O–H groups in total. The minimum atomic E-state index is -4.86. The van der Waals surface area contributed by atoms with Crippen LogP contribution in [0.25, 0.3) is 10.8 Å². The molecule has 0 radical (unpaired) electrons. The van der Waals surface area contributed by atoms with Crippen LogP contribution in [0.3, 0.4) is 0 Å². The summed E-state index contributed by atoms with van der Waals surface area (Å²) in [5.41, 5.74) is 0.682. The first kappa shape index (κ1) is 24.1. The highest BCUT2D eigenvalue weighted by molar-refractivity contribution is 7.86. The van der Waals surface area contributed by atoms with Gasteiger partial charge >= 0.3 is 17.9 Å². The van der Waals surface area contributed by atoms with E-state index in [1.165, 1.54) is 24.3 Å². The molecule has 0 bridgehead atoms. The highest BCUT2D eigenvalue weighted by atomic mass is 32.2. The first-order valence-corrected chi connectivity index (χ1v) is 12.8. The van der Waals surface area contributed by atoms with E-state index < -0.39 is 17.9 Å². The Morgan fingerprint density at radius 2 is 1.32 bits per heavy atom. The standard InChI is InChI=1S/C23H19O9PS/c24-33(29-27-18-19-10-3-1-4-11-19,31-32-34(25,26)21-14-5-2-6-15-21)30-28-23-17-9-13-20-12-7-8-16-22(20)23/h1-17H,18H2. The average molecular weight is 502 g/mol. The fraction of sp³-hybridized carbons (Fsp3) is 0.0435. The summed E-state index contributed by atoms with van der Waals surface area (Å²) in [6, 6.07) is 28.2. The van der Waals surface area contributed by atoms with E-state index in [0.717, 1.165) is 5.39 Å². The molecule has 0 aliphatic carbocycles. The summed E-state index contributed by atoms with van der Waals surface area (Å²) < 4.78 is 56.5. The van der Waals surface area contributed by atoms with Crippen LogP contribution in [0.4, 0.5) is 0 Å². The first-order valence-electron chi connectivity index (χ1n) is 9.92. The molecule has 4 rings (SSSR count). The zero-order chi connectivity index (χ0) is 23.9. The number of fused-ring (bicyclic) bond motifs is 1. The molecule has 0 saturated carbocycles. The van der Waals surface area contributed by atoms with Crippen LogP contribution in [0.1, 0.15) is 5.56 Å². The molecule has 34 heavy (non-hydrogen) atoms. The van der Waals surface area contributed by atoms with E-state index in [2.05, 4.69) is 9.01 Å². The van der Waals surface area contributed by atoms with Crippen molar-refractivity contribution in [2.75, 3.05) is 0 Å². The van der Waals surface area contributed by atoms with Crippen LogP contribution in [0, 0.1) is 0 Å². The molecular weight excluding hydrogens is 483 g/mol. The average Bonchev–Trinajstić information content (AvgIpc) is 2.88. The molecule has 0 spiro atoms. The van der Waals surface area contributed by atoms with Gasteiger partial charge in [-0.1, -0.05) is 93.9 Å². The van der Waals surface area contributed by atoms with Crippen molar-refractivity contribution in [2.45, 2.75) is 11.5 Å². The molecule has 0 saturated heterocycles. The summed E-state index contributed by atoms with van der Waals surface area (Å²) >= 11 is 0. The number of phosphoric acid groups is 1. The van der Waals surface area contributed by atoms with Crippen molar-refractivity contribution in [1.29, 1.82) is 0 Å². The molecule has 9 nitrogen and oxygen atoms in total. The lowest BCUT2D eigenvalue weighted by Gasteiger charge is -2.15. The van der Waals surface area contributed by atoms with Gasteiger partial charge in [0.1, 0.15) is 6.61 Å². The lowest BCUT2D eigenvalue weighted by Crippen LogP contribution is -2.10. The maximum Gasteiger partial charge on any atom is 0.566 e. The summed E-state index contributed by atoms with van der Waals surface area (Å²) in [4.78, 5) is 9.92. The van der Waals surface area contributed by atoms with Gasteiger partial charge in [-0.3, -0.25) is 0 Å². The van der Waals surface area contributed by atoms with Gasteiger partial charge in [-0.15, -0.1) is 9.35 Å². The Balaban J connectivity index is 1.49. The molecule has 0 aromatic heterocycles. The van der Waals surface area contributed by atoms with Crippen LogP contribution in [0.5, 0.6) is 5.75 Å². The maximum atomic E-state index is 13.1. The largest absolute Gasteiger partial charge is 0.566 e. The van der Waals surface area contributed by atoms with Gasteiger partial charge in [0, 0.05) is 5.39 Å². The predicted octanol–water partition coefficient (Wildman–Crippen LogP) is 5.74. The van der Waals surface area contributed by atoms with Gasteiger partial charge in [-0.05, 0) is 29.1 Å². The molecule has 1 atom stereocenters. The molecule has 0 aliphatic rings. The minimum absolute atomic E-state index is 0.142. The number of benzene rings is 4. The van der Waals surface area contributed by atoms with E-state index in [-0.39, 0.29) is 17.3 Å². The Labute approximate surface area is 195 Å². The molecule has 4 aromatic rings. The summed E-state index contributed by atoms with van der Waals surface area (Å²) in [7, 11) is -9.32. The first-order chi connectivity index (χ1) is 16.5. The predicted molar refractivity (Wildman–Crippen MR) is 121 cm³/mol. The van der Waals surface area contributed by atoms with Crippen molar-refractivity contribution in [1.82, 2.24) is 0 Å². The third kappa shape index (κ3) is 6.28. The van der Waals surface area contributed by atoms with Gasteiger partial charge < -0.3 is 4.89 Å². The number of rotatable bonds is 11. The van der Waals surface area contributed by atoms with E-state index in [0.29, 0.717) is 10.9 Å². The van der Waals surface area contributed by atoms with Crippen LogP contribution in [0.15, 0.2) is 108 Å². The quantitative estimate of drug-likeness (QED) is 0.144. The maximum absolute atomic E-state index is 13.1. The van der Waals surface area contributed by atoms with Crippen LogP contribution >= 0.6 is 7.82 Å². The van der Waals surface area contributed by atoms with Crippen LogP contribution in [0.2, 0.25) is 0 Å². The molecule has 176 valence electrons. The fourth-order valence-electron chi connectivity index (χ4n) is 2.83. The van der Waals surface area contributed by atoms with Gasteiger partial charge in [0.2, 0.25) is 0 Å². The topological polar surface area (TPSA) is 107 Å². The Kier molecular flexibility index (Phi) is 7.71. The van der Waals surface area contributed by atoms with Gasteiger partial charge in [-0.25, -0.2) is 9.45 Å². The second-order valence-electron chi connectivity index (χ2n) is 6.81. The van der Waals surface area contributed by atoms with Crippen molar-refractivity contribution in [3.8, 4) is 5.75 Å². The van der Waals surface area contributed by atoms with E-state index in [1.807, 2.05) is 24.3 Å². The Morgan fingerprint density at radius 1 is 0.676 bits per heavy atom. The molecule has 0 fully saturated rings. The van der Waals surface area contributed by atoms with E-state index in [1.54, 1.807) is 54.6 Å². The lowest BCUT2D eigenvalue weighted by atomic mass is 10.1. The molecule has 0 amide bonds. The van der Waals surface area contributed by atoms with Gasteiger partial charge in [0.15, 0.2) is 5.75 Å². The molecule has 1 unspecified atom stereocenters. The second-order valence-corrected chi connectivity index (χ2v) is 9.67. The summed E-state index contributed by atoms with van der Waals surface area (Å²) in [5.74, 6) is 0.180. The number of hydrogen-bond acceptors (Lipinski definition) is 9. The lowest BCUT2D eigenvalue weighted by molar-refractivity contribution is -0.284. The Morgan fingerprint density at radius 3 is 2.09 bits per heavy atom. The third-order valence-corrected chi connectivity index (χ3v) is 6.42. The van der Waals surface area contributed by atoms with Gasteiger partial charge in [-0.2, -0.15) is 8.42 Å². The van der Waals surface area contributed by atoms with Gasteiger partial charge in [0.05, 0.1) is 4.90 Å². The van der Waals surface area contributed by atoms with Crippen LogP contribution in [-0.4, -0.2) is 8.42 Å². The summed E-state index contributed by atoms with van der Waals surface area (Å²) in [6.45, 7) is -0.142. The van der Waals surface area contributed by atoms with Crippen molar-refractivity contribution < 1.29 is 41.1 Å². The minimum Gasteiger partial charge on any atom is -0.326 e. The summed E-state index contributed by atoms with van der Waals surface area (Å²) in [6.07, 6.45) is 0. The highest BCUT2D eigenvalue weighted by Crippen LogP contribution is 2.51. The molecule has 11 heteroatoms. The smallest absolute Gasteiger partial charge is 0.326 e. The van der Waals surface area contributed by atoms with E-state index in [9.17, 15) is 13.0 Å². The molecule has 0 aliphatic heterocycles. The molecule has 0 heterocycles. The van der Waals surface area contributed by atoms with Crippen molar-refractivity contribution in [3.63, 3.8) is 0 Å². The number of hydrogen-bond donors (Lipinski definition) is 0. The van der Waals surface area contributed by atoms with Gasteiger partial charge in [0.25, 0.3) is 0 Å². The van der Waals surface area contributed by atoms with E-state index in [4.69, 9.17) is 19.1 Å². The van der Waals surface area contributed by atoms with E-state index >= 15 is 0 Å². The van der Waals surface area contributed by atoms with Crippen molar-refractivity contribution >= 4 is 28.7 Å². The van der Waals surface area contributed by atoms with Crippen LogP contribution < -0.4 is 4.89 Å². The molecular formula is C23H19O9PS. The fourth-order valence-corrected chi connectivity index (χ4v) is 4.44. The highest BCUT2D eigenvalue weighted by Gasteiger charge is 2.36. The van der Waals surface area contributed by atoms with Crippen molar-refractivity contribution in [2.24, 2.45) is 0 Å². The SMILES string of the molecule is O=P(OOCc1ccccc1)(OOc1cccc2ccccc12)OOS(=O)(=O)c1ccccc1. The zero-order valence-corrected chi connectivity index (χ0v) is 19.3. The van der Waals surface area contributed by atoms with Crippen molar-refractivity contribution in [3.05, 3.63) is 109 Å². The molecule has 4 aromatic carbocycles. The Hall–Kier alpha value is -3.08. The Bertz CT molecular complexity index is 1370. The summed E-state index contributed by atoms with van der Waals surface area (Å²) in [5, 5.41) is 1.46. The monoisotopic (exact) mass is 502 g/mol. The normalized spacial score (nSPS) is 13.4. The van der Waals surface area contributed by atoms with Crippen LogP contribution in [-0.2, 0) is 44.5 Å². The third-order valence-electron chi connectivity index (χ3n) is 4.42. The second kappa shape index (κ2) is 10.9. The zero-order valence-electron chi connectivity index (χ0n) is 17.6.